The minimum absolute atomic E-state index is 0.0154. The number of fused-ring (bicyclic) bond motifs is 2. The maximum atomic E-state index is 13.7. The van der Waals surface area contributed by atoms with Gasteiger partial charge in [0.2, 0.25) is 0 Å². The molecule has 7 nitrogen and oxygen atoms in total. The second-order valence-electron chi connectivity index (χ2n) is 11.2. The number of halogens is 2. The quantitative estimate of drug-likeness (QED) is 0.215. The number of nitrogens with one attached hydrogen (secondary N) is 1. The fourth-order valence-electron chi connectivity index (χ4n) is 6.72. The molecule has 0 bridgehead atoms. The van der Waals surface area contributed by atoms with E-state index in [-0.39, 0.29) is 29.1 Å². The molecule has 1 unspecified atom stereocenters. The lowest BCUT2D eigenvalue weighted by Gasteiger charge is -2.26. The van der Waals surface area contributed by atoms with Crippen LogP contribution in [0.1, 0.15) is 49.0 Å². The highest BCUT2D eigenvalue weighted by Gasteiger charge is 2.44. The van der Waals surface area contributed by atoms with Gasteiger partial charge in [-0.15, -0.1) is 0 Å². The summed E-state index contributed by atoms with van der Waals surface area (Å²) >= 11 is 6.05. The van der Waals surface area contributed by atoms with Gasteiger partial charge in [0, 0.05) is 35.2 Å². The van der Waals surface area contributed by atoms with Crippen LogP contribution in [0.2, 0.25) is 5.02 Å². The topological polar surface area (TPSA) is 83.9 Å². The maximum absolute atomic E-state index is 13.7. The van der Waals surface area contributed by atoms with E-state index in [0.29, 0.717) is 52.6 Å². The van der Waals surface area contributed by atoms with Crippen molar-refractivity contribution in [2.24, 2.45) is 5.92 Å². The standard InChI is InChI=1S/C34H35ClFN3O4/c1-3-42-30-15-20(16-31(43-4-2)32(30)21-5-8-23(36)9-6-21)19-39-14-13-24-27(11-12-29(24)39)38-34(41)26-18-37-28-17-22(35)7-10-25(28)33(26)40/h5-10,15-18,24,27,29H,3-4,11-14,19H2,1-2H3,(H,37,40)(H,38,41)/t24-,27?,29+/m0/s1. The third-order valence-corrected chi connectivity index (χ3v) is 8.85. The van der Waals surface area contributed by atoms with Crippen LogP contribution in [0.25, 0.3) is 22.0 Å². The summed E-state index contributed by atoms with van der Waals surface area (Å²) in [7, 11) is 0. The van der Waals surface area contributed by atoms with Gasteiger partial charge in [-0.1, -0.05) is 23.7 Å². The third-order valence-electron chi connectivity index (χ3n) is 8.61. The highest BCUT2D eigenvalue weighted by molar-refractivity contribution is 6.31. The first-order valence-corrected chi connectivity index (χ1v) is 15.2. The molecule has 2 heterocycles. The zero-order valence-electron chi connectivity index (χ0n) is 24.3. The summed E-state index contributed by atoms with van der Waals surface area (Å²) in [6.07, 6.45) is 4.23. The molecule has 4 aromatic rings. The summed E-state index contributed by atoms with van der Waals surface area (Å²) in [6, 6.07) is 15.9. The molecule has 2 aliphatic rings. The Morgan fingerprint density at radius 3 is 2.47 bits per heavy atom. The highest BCUT2D eigenvalue weighted by atomic mass is 35.5. The largest absolute Gasteiger partial charge is 0.506 e. The molecule has 0 spiro atoms. The number of carbonyl (C=O) groups is 1. The molecule has 0 radical (unpaired) electrons. The average molecular weight is 604 g/mol. The van der Waals surface area contributed by atoms with Crippen molar-refractivity contribution in [3.8, 4) is 28.4 Å². The number of pyridine rings is 1. The van der Waals surface area contributed by atoms with Crippen LogP contribution in [0.4, 0.5) is 4.39 Å². The summed E-state index contributed by atoms with van der Waals surface area (Å²) < 4.78 is 25.8. The minimum Gasteiger partial charge on any atom is -0.506 e. The smallest absolute Gasteiger partial charge is 0.256 e. The number of likely N-dealkylation sites (tertiary alicyclic amines) is 1. The monoisotopic (exact) mass is 603 g/mol. The fraction of sp³-hybridized carbons (Fsp3) is 0.353. The Balaban J connectivity index is 1.19. The number of nitrogens with zero attached hydrogens (tertiary/aromatic N) is 2. The van der Waals surface area contributed by atoms with E-state index in [1.54, 1.807) is 30.3 Å². The lowest BCUT2D eigenvalue weighted by molar-refractivity contribution is 0.0924. The van der Waals surface area contributed by atoms with E-state index in [1.165, 1.54) is 18.3 Å². The molecule has 1 amide bonds. The predicted molar refractivity (Wildman–Crippen MR) is 165 cm³/mol. The van der Waals surface area contributed by atoms with E-state index in [1.807, 2.05) is 13.8 Å². The summed E-state index contributed by atoms with van der Waals surface area (Å²) in [5, 5.41) is 15.0. The number of hydrogen-bond acceptors (Lipinski definition) is 6. The van der Waals surface area contributed by atoms with Gasteiger partial charge in [0.05, 0.1) is 24.3 Å². The minimum atomic E-state index is -0.315. The van der Waals surface area contributed by atoms with Crippen molar-refractivity contribution in [3.05, 3.63) is 82.8 Å². The van der Waals surface area contributed by atoms with E-state index >= 15 is 0 Å². The van der Waals surface area contributed by atoms with Crippen LogP contribution >= 0.6 is 11.6 Å². The average Bonchev–Trinajstić information content (AvgIpc) is 3.57. The molecule has 43 heavy (non-hydrogen) atoms. The van der Waals surface area contributed by atoms with E-state index in [9.17, 15) is 14.3 Å². The molecule has 1 aliphatic heterocycles. The Morgan fingerprint density at radius 1 is 1.05 bits per heavy atom. The Hall–Kier alpha value is -3.88. The van der Waals surface area contributed by atoms with Crippen LogP contribution in [0.15, 0.2) is 60.8 Å². The van der Waals surface area contributed by atoms with Crippen molar-refractivity contribution in [1.29, 1.82) is 0 Å². The molecule has 2 fully saturated rings. The number of amides is 1. The van der Waals surface area contributed by atoms with Crippen molar-refractivity contribution in [2.75, 3.05) is 19.8 Å². The van der Waals surface area contributed by atoms with Crippen LogP contribution in [0.5, 0.6) is 17.2 Å². The van der Waals surface area contributed by atoms with Crippen molar-refractivity contribution in [2.45, 2.75) is 51.7 Å². The Labute approximate surface area is 255 Å². The third kappa shape index (κ3) is 5.86. The van der Waals surface area contributed by atoms with E-state index in [4.69, 9.17) is 21.1 Å². The zero-order valence-corrected chi connectivity index (χ0v) is 25.0. The summed E-state index contributed by atoms with van der Waals surface area (Å²) in [5.41, 5.74) is 3.45. The van der Waals surface area contributed by atoms with Gasteiger partial charge < -0.3 is 19.9 Å². The molecule has 1 aromatic heterocycles. The Bertz CT molecular complexity index is 1620. The van der Waals surface area contributed by atoms with Crippen molar-refractivity contribution in [3.63, 3.8) is 0 Å². The second kappa shape index (κ2) is 12.4. The van der Waals surface area contributed by atoms with E-state index < -0.39 is 0 Å². The normalized spacial score (nSPS) is 19.9. The number of rotatable bonds is 9. The van der Waals surface area contributed by atoms with Gasteiger partial charge in [-0.2, -0.15) is 0 Å². The van der Waals surface area contributed by atoms with Gasteiger partial charge in [-0.05, 0) is 99.2 Å². The van der Waals surface area contributed by atoms with Gasteiger partial charge in [0.1, 0.15) is 28.6 Å². The number of aromatic nitrogens is 1. The molecular weight excluding hydrogens is 569 g/mol. The first-order chi connectivity index (χ1) is 20.9. The van der Waals surface area contributed by atoms with Gasteiger partial charge in [-0.3, -0.25) is 14.7 Å². The predicted octanol–water partition coefficient (Wildman–Crippen LogP) is 6.98. The van der Waals surface area contributed by atoms with Crippen molar-refractivity contribution < 1.29 is 23.8 Å². The van der Waals surface area contributed by atoms with Crippen LogP contribution < -0.4 is 14.8 Å². The molecule has 9 heteroatoms. The molecule has 1 aliphatic carbocycles. The number of benzene rings is 3. The van der Waals surface area contributed by atoms with E-state index in [0.717, 1.165) is 49.0 Å². The fourth-order valence-corrected chi connectivity index (χ4v) is 6.89. The van der Waals surface area contributed by atoms with Gasteiger partial charge in [0.25, 0.3) is 5.91 Å². The number of ether oxygens (including phenoxy) is 2. The first kappa shape index (κ1) is 29.2. The lowest BCUT2D eigenvalue weighted by atomic mass is 9.99. The second-order valence-corrected chi connectivity index (χ2v) is 11.6. The molecule has 2 N–H and O–H groups in total. The Kier molecular flexibility index (Phi) is 8.41. The highest BCUT2D eigenvalue weighted by Crippen LogP contribution is 2.43. The molecule has 6 rings (SSSR count). The summed E-state index contributed by atoms with van der Waals surface area (Å²) in [5.74, 6) is 1.06. The van der Waals surface area contributed by atoms with Gasteiger partial charge in [-0.25, -0.2) is 4.39 Å². The molecule has 3 atom stereocenters. The summed E-state index contributed by atoms with van der Waals surface area (Å²) in [4.78, 5) is 20.1. The van der Waals surface area contributed by atoms with Crippen LogP contribution in [-0.2, 0) is 6.54 Å². The maximum Gasteiger partial charge on any atom is 0.256 e. The van der Waals surface area contributed by atoms with Crippen LogP contribution in [-0.4, -0.2) is 52.7 Å². The van der Waals surface area contributed by atoms with Crippen molar-refractivity contribution >= 4 is 28.4 Å². The number of aromatic hydroxyl groups is 1. The van der Waals surface area contributed by atoms with Gasteiger partial charge in [0.15, 0.2) is 0 Å². The van der Waals surface area contributed by atoms with Crippen molar-refractivity contribution in [1.82, 2.24) is 15.2 Å². The Morgan fingerprint density at radius 2 is 1.77 bits per heavy atom. The molecule has 1 saturated heterocycles. The summed E-state index contributed by atoms with van der Waals surface area (Å²) in [6.45, 7) is 6.53. The molecular formula is C34H35ClFN3O4. The molecule has 224 valence electrons. The number of hydrogen-bond donors (Lipinski definition) is 2. The molecule has 3 aromatic carbocycles. The number of carbonyl (C=O) groups excluding carboxylic acids is 1. The van der Waals surface area contributed by atoms with Crippen LogP contribution in [0, 0.1) is 11.7 Å². The lowest BCUT2D eigenvalue weighted by Crippen LogP contribution is -2.39. The first-order valence-electron chi connectivity index (χ1n) is 14.9. The van der Waals surface area contributed by atoms with Crippen LogP contribution in [0.3, 0.4) is 0 Å². The van der Waals surface area contributed by atoms with Gasteiger partial charge >= 0.3 is 0 Å². The zero-order chi connectivity index (χ0) is 30.1. The van der Waals surface area contributed by atoms with E-state index in [2.05, 4.69) is 27.3 Å². The molecule has 1 saturated carbocycles. The SMILES string of the molecule is CCOc1cc(CN2CC[C@H]3C(NC(=O)c4cnc5cc(Cl)ccc5c4O)CC[C@H]32)cc(OCC)c1-c1ccc(F)cc1.